The van der Waals surface area contributed by atoms with E-state index in [0.29, 0.717) is 5.82 Å². The van der Waals surface area contributed by atoms with Crippen LogP contribution >= 0.6 is 0 Å². The minimum atomic E-state index is 0.466. The van der Waals surface area contributed by atoms with Gasteiger partial charge in [0.05, 0.1) is 11.9 Å². The zero-order chi connectivity index (χ0) is 11.0. The molecule has 1 heterocycles. The SMILES string of the molecule is Nc1cn(-c2cccc3c2CCCC3)nn1. The number of nitrogens with zero attached hydrogens (tertiary/aromatic N) is 3. The first kappa shape index (κ1) is 9.39. The van der Waals surface area contributed by atoms with E-state index >= 15 is 0 Å². The Morgan fingerprint density at radius 2 is 2.06 bits per heavy atom. The number of aryl methyl sites for hydroxylation is 1. The number of nitrogens with two attached hydrogens (primary N) is 1. The summed E-state index contributed by atoms with van der Waals surface area (Å²) >= 11 is 0. The molecule has 0 spiro atoms. The van der Waals surface area contributed by atoms with Crippen molar-refractivity contribution in [2.45, 2.75) is 25.7 Å². The van der Waals surface area contributed by atoms with Crippen LogP contribution in [0.1, 0.15) is 24.0 Å². The van der Waals surface area contributed by atoms with Crippen LogP contribution in [0.15, 0.2) is 24.4 Å². The van der Waals surface area contributed by atoms with E-state index in [1.807, 2.05) is 0 Å². The molecule has 0 saturated heterocycles. The van der Waals surface area contributed by atoms with Crippen molar-refractivity contribution in [1.29, 1.82) is 0 Å². The standard InChI is InChI=1S/C12H14N4/c13-12-8-16(15-14-12)11-7-3-5-9-4-1-2-6-10(9)11/h3,5,7-8H,1-2,4,6,13H2. The Kier molecular flexibility index (Phi) is 2.13. The lowest BCUT2D eigenvalue weighted by Gasteiger charge is -2.18. The Balaban J connectivity index is 2.13. The highest BCUT2D eigenvalue weighted by atomic mass is 15.4. The molecule has 4 nitrogen and oxygen atoms in total. The molecule has 1 aromatic heterocycles. The zero-order valence-electron chi connectivity index (χ0n) is 9.06. The van der Waals surface area contributed by atoms with Crippen molar-refractivity contribution in [3.05, 3.63) is 35.5 Å². The average molecular weight is 214 g/mol. The summed E-state index contributed by atoms with van der Waals surface area (Å²) in [5, 5.41) is 7.87. The van der Waals surface area contributed by atoms with E-state index in [-0.39, 0.29) is 0 Å². The number of benzene rings is 1. The second-order valence-electron chi connectivity index (χ2n) is 4.21. The van der Waals surface area contributed by atoms with Crippen LogP contribution in [0.3, 0.4) is 0 Å². The lowest BCUT2D eigenvalue weighted by atomic mass is 9.90. The van der Waals surface area contributed by atoms with Gasteiger partial charge in [0.25, 0.3) is 0 Å². The Labute approximate surface area is 94.1 Å². The van der Waals surface area contributed by atoms with Crippen molar-refractivity contribution >= 4 is 5.82 Å². The summed E-state index contributed by atoms with van der Waals surface area (Å²) in [7, 11) is 0. The van der Waals surface area contributed by atoms with Crippen molar-refractivity contribution in [3.63, 3.8) is 0 Å². The van der Waals surface area contributed by atoms with Crippen molar-refractivity contribution in [2.75, 3.05) is 5.73 Å². The summed E-state index contributed by atoms with van der Waals surface area (Å²) in [6.45, 7) is 0. The molecule has 0 radical (unpaired) electrons. The van der Waals surface area contributed by atoms with Crippen LogP contribution in [0.25, 0.3) is 5.69 Å². The number of hydrogen-bond donors (Lipinski definition) is 1. The normalized spacial score (nSPS) is 14.8. The van der Waals surface area contributed by atoms with E-state index in [9.17, 15) is 0 Å². The lowest BCUT2D eigenvalue weighted by Crippen LogP contribution is -2.08. The molecule has 82 valence electrons. The molecule has 1 aliphatic carbocycles. The highest BCUT2D eigenvalue weighted by Crippen LogP contribution is 2.26. The van der Waals surface area contributed by atoms with Crippen LogP contribution in [-0.2, 0) is 12.8 Å². The maximum Gasteiger partial charge on any atom is 0.166 e. The van der Waals surface area contributed by atoms with E-state index in [2.05, 4.69) is 28.5 Å². The van der Waals surface area contributed by atoms with Crippen LogP contribution in [0.4, 0.5) is 5.82 Å². The number of nitrogen functional groups attached to an aromatic ring is 1. The van der Waals surface area contributed by atoms with Crippen molar-refractivity contribution in [2.24, 2.45) is 0 Å². The van der Waals surface area contributed by atoms with Gasteiger partial charge in [0.1, 0.15) is 0 Å². The van der Waals surface area contributed by atoms with Gasteiger partial charge in [-0.05, 0) is 42.9 Å². The fraction of sp³-hybridized carbons (Fsp3) is 0.333. The molecular weight excluding hydrogens is 200 g/mol. The highest BCUT2D eigenvalue weighted by molar-refractivity contribution is 5.47. The third-order valence-electron chi connectivity index (χ3n) is 3.13. The van der Waals surface area contributed by atoms with Gasteiger partial charge in [-0.2, -0.15) is 0 Å². The lowest BCUT2D eigenvalue weighted by molar-refractivity contribution is 0.673. The van der Waals surface area contributed by atoms with Gasteiger partial charge in [0, 0.05) is 0 Å². The predicted molar refractivity (Wildman–Crippen MR) is 62.4 cm³/mol. The van der Waals surface area contributed by atoms with Gasteiger partial charge < -0.3 is 5.73 Å². The molecule has 0 aliphatic heterocycles. The second kappa shape index (κ2) is 3.63. The molecular formula is C12H14N4. The molecule has 2 N–H and O–H groups in total. The van der Waals surface area contributed by atoms with Gasteiger partial charge in [0.2, 0.25) is 0 Å². The fourth-order valence-electron chi connectivity index (χ4n) is 2.37. The number of rotatable bonds is 1. The van der Waals surface area contributed by atoms with E-state index in [1.54, 1.807) is 10.9 Å². The van der Waals surface area contributed by atoms with Crippen LogP contribution in [0.2, 0.25) is 0 Å². The van der Waals surface area contributed by atoms with Crippen molar-refractivity contribution < 1.29 is 0 Å². The van der Waals surface area contributed by atoms with Gasteiger partial charge in [0.15, 0.2) is 5.82 Å². The van der Waals surface area contributed by atoms with Crippen molar-refractivity contribution in [1.82, 2.24) is 15.0 Å². The van der Waals surface area contributed by atoms with Crippen LogP contribution in [0, 0.1) is 0 Å². The van der Waals surface area contributed by atoms with Gasteiger partial charge in [-0.3, -0.25) is 0 Å². The molecule has 0 unspecified atom stereocenters. The first-order valence-corrected chi connectivity index (χ1v) is 5.63. The van der Waals surface area contributed by atoms with Crippen LogP contribution < -0.4 is 5.73 Å². The molecule has 1 aliphatic rings. The molecule has 0 atom stereocenters. The van der Waals surface area contributed by atoms with E-state index in [0.717, 1.165) is 12.1 Å². The summed E-state index contributed by atoms with van der Waals surface area (Å²) in [6.07, 6.45) is 6.62. The molecule has 0 amide bonds. The average Bonchev–Trinajstić information content (AvgIpc) is 2.75. The number of aromatic nitrogens is 3. The summed E-state index contributed by atoms with van der Waals surface area (Å²) in [5.41, 5.74) is 9.57. The Morgan fingerprint density at radius 1 is 1.19 bits per heavy atom. The molecule has 16 heavy (non-hydrogen) atoms. The smallest absolute Gasteiger partial charge is 0.166 e. The van der Waals surface area contributed by atoms with Gasteiger partial charge in [-0.25, -0.2) is 4.68 Å². The maximum absolute atomic E-state index is 5.60. The highest BCUT2D eigenvalue weighted by Gasteiger charge is 2.14. The Morgan fingerprint density at radius 3 is 2.88 bits per heavy atom. The van der Waals surface area contributed by atoms with Gasteiger partial charge >= 0.3 is 0 Å². The monoisotopic (exact) mass is 214 g/mol. The second-order valence-corrected chi connectivity index (χ2v) is 4.21. The minimum Gasteiger partial charge on any atom is -0.381 e. The molecule has 0 bridgehead atoms. The van der Waals surface area contributed by atoms with Gasteiger partial charge in [-0.15, -0.1) is 5.10 Å². The molecule has 4 heteroatoms. The first-order chi connectivity index (χ1) is 7.84. The Bertz CT molecular complexity index is 515. The quantitative estimate of drug-likeness (QED) is 0.786. The summed E-state index contributed by atoms with van der Waals surface area (Å²) in [4.78, 5) is 0. The molecule has 2 aromatic rings. The van der Waals surface area contributed by atoms with E-state index < -0.39 is 0 Å². The van der Waals surface area contributed by atoms with E-state index in [1.165, 1.54) is 30.4 Å². The Hall–Kier alpha value is -1.84. The van der Waals surface area contributed by atoms with Crippen LogP contribution in [-0.4, -0.2) is 15.0 Å². The first-order valence-electron chi connectivity index (χ1n) is 5.63. The topological polar surface area (TPSA) is 56.7 Å². The molecule has 0 saturated carbocycles. The summed E-state index contributed by atoms with van der Waals surface area (Å²) < 4.78 is 1.78. The summed E-state index contributed by atoms with van der Waals surface area (Å²) in [6, 6.07) is 6.37. The molecule has 1 aromatic carbocycles. The van der Waals surface area contributed by atoms with Crippen LogP contribution in [0.5, 0.6) is 0 Å². The fourth-order valence-corrected chi connectivity index (χ4v) is 2.37. The third kappa shape index (κ3) is 1.46. The van der Waals surface area contributed by atoms with Crippen molar-refractivity contribution in [3.8, 4) is 5.69 Å². The number of anilines is 1. The molecule has 3 rings (SSSR count). The maximum atomic E-state index is 5.60. The third-order valence-corrected chi connectivity index (χ3v) is 3.13. The largest absolute Gasteiger partial charge is 0.381 e. The zero-order valence-corrected chi connectivity index (χ0v) is 9.06. The van der Waals surface area contributed by atoms with Gasteiger partial charge in [-0.1, -0.05) is 17.3 Å². The van der Waals surface area contributed by atoms with E-state index in [4.69, 9.17) is 5.73 Å². The predicted octanol–water partition coefficient (Wildman–Crippen LogP) is 1.73. The number of fused-ring (bicyclic) bond motifs is 1. The number of hydrogen-bond acceptors (Lipinski definition) is 3. The summed E-state index contributed by atoms with van der Waals surface area (Å²) in [5.74, 6) is 0.466. The minimum absolute atomic E-state index is 0.466. The molecule has 0 fully saturated rings.